The molecule has 0 amide bonds. The van der Waals surface area contributed by atoms with Crippen LogP contribution in [0.4, 0.5) is 0 Å². The summed E-state index contributed by atoms with van der Waals surface area (Å²) in [7, 11) is -5.49. The third kappa shape index (κ3) is 8.04. The lowest BCUT2D eigenvalue weighted by Crippen LogP contribution is -1.85. The van der Waals surface area contributed by atoms with Crippen molar-refractivity contribution in [2.24, 2.45) is 0 Å². The molecule has 8 heteroatoms. The third-order valence-electron chi connectivity index (χ3n) is 0.326. The predicted octanol–water partition coefficient (Wildman–Crippen LogP) is 0.276. The molecule has 9 heavy (non-hydrogen) atoms. The second kappa shape index (κ2) is 4.88. The van der Waals surface area contributed by atoms with Crippen molar-refractivity contribution >= 4 is 16.5 Å². The van der Waals surface area contributed by atoms with Crippen LogP contribution in [0.2, 0.25) is 0 Å². The topological polar surface area (TPSA) is 93.1 Å². The molecule has 0 spiro atoms. The molecule has 0 aliphatic heterocycles. The van der Waals surface area contributed by atoms with Crippen molar-refractivity contribution < 1.29 is 28.0 Å². The molecule has 6 nitrogen and oxygen atoms in total. The number of hydrogen-bond acceptors (Lipinski definition) is 4. The van der Waals surface area contributed by atoms with Crippen LogP contribution in [0.25, 0.3) is 0 Å². The van der Waals surface area contributed by atoms with Crippen LogP contribution in [0.15, 0.2) is 0 Å². The number of rotatable bonds is 4. The van der Waals surface area contributed by atoms with Crippen LogP contribution < -0.4 is 0 Å². The summed E-state index contributed by atoms with van der Waals surface area (Å²) < 4.78 is 27.0. The van der Waals surface area contributed by atoms with Gasteiger partial charge in [-0.05, 0) is 0 Å². The maximum Gasteiger partial charge on any atom is 0.697 e. The Morgan fingerprint density at radius 1 is 1.11 bits per heavy atom. The van der Waals surface area contributed by atoms with Gasteiger partial charge in [0, 0.05) is 9.13 Å². The smallest absolute Gasteiger partial charge is 0.133 e. The van der Waals surface area contributed by atoms with Gasteiger partial charge in [0.2, 0.25) is 0 Å². The molecule has 52 valence electrons. The van der Waals surface area contributed by atoms with Crippen LogP contribution in [-0.4, -0.2) is 16.6 Å². The van der Waals surface area contributed by atoms with E-state index in [9.17, 15) is 9.13 Å². The quantitative estimate of drug-likeness (QED) is 0.469. The van der Waals surface area contributed by atoms with Crippen LogP contribution >= 0.6 is 16.5 Å². The van der Waals surface area contributed by atoms with E-state index < -0.39 is 23.3 Å². The molecule has 0 saturated heterocycles. The molecule has 0 aliphatic rings. The predicted molar refractivity (Wildman–Crippen MR) is 26.7 cm³/mol. The van der Waals surface area contributed by atoms with Gasteiger partial charge in [-0.1, -0.05) is 9.05 Å². The van der Waals surface area contributed by atoms with Crippen molar-refractivity contribution in [1.82, 2.24) is 0 Å². The highest BCUT2D eigenvalue weighted by molar-refractivity contribution is 7.32. The van der Waals surface area contributed by atoms with Gasteiger partial charge >= 0.3 is 16.5 Å². The van der Waals surface area contributed by atoms with Crippen molar-refractivity contribution in [3.05, 3.63) is 0 Å². The highest BCUT2D eigenvalue weighted by Crippen LogP contribution is 2.19. The molecule has 0 heterocycles. The Morgan fingerprint density at radius 3 is 1.67 bits per heavy atom. The van der Waals surface area contributed by atoms with Gasteiger partial charge in [0.25, 0.3) is 6.79 Å². The highest BCUT2D eigenvalue weighted by atomic mass is 31.1. The van der Waals surface area contributed by atoms with E-state index in [1.807, 2.05) is 0 Å². The Hall–Kier alpha value is 0.0400. The minimum Gasteiger partial charge on any atom is -0.133 e. The molecule has 0 aromatic rings. The second-order valence-electron chi connectivity index (χ2n) is 0.852. The molecule has 0 fully saturated rings. The molecule has 0 aliphatic carbocycles. The van der Waals surface area contributed by atoms with Crippen LogP contribution in [-0.2, 0) is 18.2 Å². The fraction of sp³-hybridized carbons (Fsp3) is 1.00. The van der Waals surface area contributed by atoms with E-state index in [1.54, 1.807) is 0 Å². The summed E-state index contributed by atoms with van der Waals surface area (Å²) in [5.41, 5.74) is 0. The lowest BCUT2D eigenvalue weighted by atomic mass is 11.6. The van der Waals surface area contributed by atoms with Gasteiger partial charge in [-0.2, -0.15) is 0 Å². The van der Waals surface area contributed by atoms with Crippen molar-refractivity contribution in [2.45, 2.75) is 0 Å². The van der Waals surface area contributed by atoms with E-state index in [-0.39, 0.29) is 0 Å². The van der Waals surface area contributed by atoms with E-state index in [2.05, 4.69) is 9.05 Å². The summed E-state index contributed by atoms with van der Waals surface area (Å²) in [6, 6.07) is 0. The molecule has 0 aromatic heterocycles. The van der Waals surface area contributed by atoms with E-state index in [4.69, 9.17) is 9.79 Å². The van der Waals surface area contributed by atoms with Crippen molar-refractivity contribution in [3.63, 3.8) is 0 Å². The first-order valence-electron chi connectivity index (χ1n) is 1.71. The molecule has 2 unspecified atom stereocenters. The SMILES string of the molecule is O=[P+](O)OCO[P+](=O)O. The monoisotopic (exact) mass is 174 g/mol. The zero-order valence-corrected chi connectivity index (χ0v) is 5.92. The molecular weight excluding hydrogens is 170 g/mol. The largest absolute Gasteiger partial charge is 0.697 e. The Balaban J connectivity index is 3.10. The molecule has 0 saturated carbocycles. The Morgan fingerprint density at radius 2 is 1.44 bits per heavy atom. The third-order valence-corrected chi connectivity index (χ3v) is 0.979. The van der Waals surface area contributed by atoms with Gasteiger partial charge in [-0.3, -0.25) is 0 Å². The van der Waals surface area contributed by atoms with Gasteiger partial charge in [0.05, 0.1) is 0 Å². The normalized spacial score (nSPS) is 13.1. The van der Waals surface area contributed by atoms with Gasteiger partial charge in [0.15, 0.2) is 0 Å². The fourth-order valence-electron chi connectivity index (χ4n) is 0.114. The molecule has 0 rings (SSSR count). The van der Waals surface area contributed by atoms with Crippen molar-refractivity contribution in [2.75, 3.05) is 6.79 Å². The fourth-order valence-corrected chi connectivity index (χ4v) is 0.483. The van der Waals surface area contributed by atoms with Gasteiger partial charge in [0.1, 0.15) is 0 Å². The highest BCUT2D eigenvalue weighted by Gasteiger charge is 2.18. The Bertz CT molecular complexity index is 106. The maximum absolute atomic E-state index is 9.65. The minimum absolute atomic E-state index is 0.655. The standard InChI is InChI=1S/CH2O6P2/c2-8(3)6-1-7-9(4)5/h1H2/p+2. The van der Waals surface area contributed by atoms with E-state index in [0.717, 1.165) is 0 Å². The summed E-state index contributed by atoms with van der Waals surface area (Å²) in [4.78, 5) is 15.8. The lowest BCUT2D eigenvalue weighted by Gasteiger charge is -1.74. The van der Waals surface area contributed by atoms with Crippen molar-refractivity contribution in [1.29, 1.82) is 0 Å². The van der Waals surface area contributed by atoms with Crippen LogP contribution in [0.1, 0.15) is 0 Å². The molecule has 2 atom stereocenters. The molecule has 0 aromatic carbocycles. The van der Waals surface area contributed by atoms with Crippen LogP contribution in [0, 0.1) is 0 Å². The second-order valence-corrected chi connectivity index (χ2v) is 2.32. The zero-order chi connectivity index (χ0) is 7.28. The van der Waals surface area contributed by atoms with Crippen LogP contribution in [0.3, 0.4) is 0 Å². The minimum atomic E-state index is -2.75. The first kappa shape index (κ1) is 9.04. The average Bonchev–Trinajstić information content (AvgIpc) is 1.63. The summed E-state index contributed by atoms with van der Waals surface area (Å²) >= 11 is 0. The Labute approximate surface area is 52.3 Å². The number of hydrogen-bond donors (Lipinski definition) is 2. The Kier molecular flexibility index (Phi) is 4.90. The molecule has 2 N–H and O–H groups in total. The molecular formula is CH4O6P2+2. The first-order valence-corrected chi connectivity index (χ1v) is 3.97. The van der Waals surface area contributed by atoms with E-state index in [0.29, 0.717) is 0 Å². The van der Waals surface area contributed by atoms with Gasteiger partial charge in [-0.25, -0.2) is 0 Å². The maximum atomic E-state index is 9.65. The van der Waals surface area contributed by atoms with Gasteiger partial charge < -0.3 is 0 Å². The summed E-state index contributed by atoms with van der Waals surface area (Å²) in [5, 5.41) is 0. The van der Waals surface area contributed by atoms with Crippen molar-refractivity contribution in [3.8, 4) is 0 Å². The summed E-state index contributed by atoms with van der Waals surface area (Å²) in [5.74, 6) is 0. The molecule has 0 bridgehead atoms. The first-order chi connectivity index (χ1) is 4.13. The zero-order valence-electron chi connectivity index (χ0n) is 4.13. The van der Waals surface area contributed by atoms with Gasteiger partial charge in [-0.15, -0.1) is 9.79 Å². The van der Waals surface area contributed by atoms with E-state index >= 15 is 0 Å². The lowest BCUT2D eigenvalue weighted by molar-refractivity contribution is 0.110. The van der Waals surface area contributed by atoms with Crippen LogP contribution in [0.5, 0.6) is 0 Å². The average molecular weight is 174 g/mol. The summed E-state index contributed by atoms with van der Waals surface area (Å²) in [6.45, 7) is -0.655. The summed E-state index contributed by atoms with van der Waals surface area (Å²) in [6.07, 6.45) is 0. The molecule has 0 radical (unpaired) electrons. The van der Waals surface area contributed by atoms with E-state index in [1.165, 1.54) is 0 Å².